The lowest BCUT2D eigenvalue weighted by Gasteiger charge is -2.37. The molecule has 2 fully saturated rings. The number of amides is 3. The number of hydrogen-bond acceptors (Lipinski definition) is 4. The predicted molar refractivity (Wildman–Crippen MR) is 86.1 cm³/mol. The molecule has 1 unspecified atom stereocenters. The number of carbonyl (C=O) groups is 3. The molecule has 1 aliphatic carbocycles. The van der Waals surface area contributed by atoms with E-state index in [0.717, 1.165) is 18.4 Å². The Morgan fingerprint density at radius 2 is 1.75 bits per heavy atom. The van der Waals surface area contributed by atoms with Gasteiger partial charge in [0.25, 0.3) is 0 Å². The molecule has 3 amide bonds. The highest BCUT2D eigenvalue weighted by Crippen LogP contribution is 2.33. The number of pyridine rings is 1. The zero-order valence-electron chi connectivity index (χ0n) is 13.4. The van der Waals surface area contributed by atoms with Gasteiger partial charge in [0.2, 0.25) is 17.7 Å². The third kappa shape index (κ3) is 2.74. The fourth-order valence-corrected chi connectivity index (χ4v) is 3.46. The molecule has 3 heterocycles. The Morgan fingerprint density at radius 3 is 2.42 bits per heavy atom. The molecule has 2 aliphatic heterocycles. The number of aromatic nitrogens is 1. The molecule has 4 rings (SSSR count). The van der Waals surface area contributed by atoms with Crippen molar-refractivity contribution in [3.05, 3.63) is 23.9 Å². The minimum absolute atomic E-state index is 0.0439. The first-order valence-corrected chi connectivity index (χ1v) is 8.46. The summed E-state index contributed by atoms with van der Waals surface area (Å²) in [7, 11) is 0. The highest BCUT2D eigenvalue weighted by molar-refractivity contribution is 6.00. The van der Waals surface area contributed by atoms with Crippen LogP contribution in [0.3, 0.4) is 0 Å². The summed E-state index contributed by atoms with van der Waals surface area (Å²) >= 11 is 0. The Kier molecular flexibility index (Phi) is 3.70. The molecule has 0 spiro atoms. The van der Waals surface area contributed by atoms with Crippen molar-refractivity contribution in [1.82, 2.24) is 14.8 Å². The monoisotopic (exact) mass is 328 g/mol. The van der Waals surface area contributed by atoms with E-state index in [1.165, 1.54) is 0 Å². The molecule has 1 atom stereocenters. The van der Waals surface area contributed by atoms with Crippen molar-refractivity contribution in [3.63, 3.8) is 0 Å². The fourth-order valence-electron chi connectivity index (χ4n) is 3.46. The highest BCUT2D eigenvalue weighted by atomic mass is 16.2. The molecule has 1 saturated carbocycles. The van der Waals surface area contributed by atoms with Crippen molar-refractivity contribution in [2.75, 3.05) is 31.5 Å². The van der Waals surface area contributed by atoms with E-state index in [4.69, 9.17) is 0 Å². The van der Waals surface area contributed by atoms with E-state index < -0.39 is 5.92 Å². The standard InChI is InChI=1S/C17H20N4O3/c22-14-10-13(12-2-1-5-18-15(12)19-14)17(24)21-8-6-20(7-9-21)16(23)11-3-4-11/h1-2,5,11,13H,3-4,6-10H2,(H,18,19,22). The minimum atomic E-state index is -0.479. The van der Waals surface area contributed by atoms with Gasteiger partial charge in [-0.25, -0.2) is 4.98 Å². The van der Waals surface area contributed by atoms with Gasteiger partial charge in [0.15, 0.2) is 0 Å². The summed E-state index contributed by atoms with van der Waals surface area (Å²) in [6, 6.07) is 3.63. The maximum absolute atomic E-state index is 12.9. The van der Waals surface area contributed by atoms with Gasteiger partial charge in [-0.05, 0) is 18.9 Å². The van der Waals surface area contributed by atoms with Gasteiger partial charge in [-0.3, -0.25) is 14.4 Å². The second kappa shape index (κ2) is 5.89. The highest BCUT2D eigenvalue weighted by Gasteiger charge is 2.38. The summed E-state index contributed by atoms with van der Waals surface area (Å²) in [5.74, 6) is 0.225. The molecule has 1 saturated heterocycles. The van der Waals surface area contributed by atoms with Crippen LogP contribution in [0.25, 0.3) is 0 Å². The molecule has 0 bridgehead atoms. The van der Waals surface area contributed by atoms with E-state index in [1.807, 2.05) is 11.0 Å². The summed E-state index contributed by atoms with van der Waals surface area (Å²) in [6.45, 7) is 2.23. The molecular weight excluding hydrogens is 308 g/mol. The SMILES string of the molecule is O=C1CC(C(=O)N2CCN(C(=O)C3CC3)CC2)c2cccnc2N1. The summed E-state index contributed by atoms with van der Waals surface area (Å²) in [6.07, 6.45) is 3.75. The second-order valence-electron chi connectivity index (χ2n) is 6.67. The maximum atomic E-state index is 12.9. The average Bonchev–Trinajstić information content (AvgIpc) is 3.45. The van der Waals surface area contributed by atoms with Crippen LogP contribution in [0.15, 0.2) is 18.3 Å². The number of nitrogens with zero attached hydrogens (tertiary/aromatic N) is 3. The van der Waals surface area contributed by atoms with Gasteiger partial charge in [0.1, 0.15) is 5.82 Å². The third-order valence-corrected chi connectivity index (χ3v) is 4.99. The number of piperazine rings is 1. The number of anilines is 1. The summed E-state index contributed by atoms with van der Waals surface area (Å²) in [5, 5.41) is 2.72. The zero-order valence-corrected chi connectivity index (χ0v) is 13.4. The smallest absolute Gasteiger partial charge is 0.230 e. The van der Waals surface area contributed by atoms with E-state index in [1.54, 1.807) is 17.2 Å². The van der Waals surface area contributed by atoms with Gasteiger partial charge in [-0.2, -0.15) is 0 Å². The summed E-state index contributed by atoms with van der Waals surface area (Å²) in [4.78, 5) is 44.7. The van der Waals surface area contributed by atoms with Gasteiger partial charge in [0, 0.05) is 50.3 Å². The van der Waals surface area contributed by atoms with Crippen LogP contribution < -0.4 is 5.32 Å². The van der Waals surface area contributed by atoms with E-state index >= 15 is 0 Å². The first-order chi connectivity index (χ1) is 11.6. The molecule has 7 nitrogen and oxygen atoms in total. The lowest BCUT2D eigenvalue weighted by molar-refractivity contribution is -0.141. The van der Waals surface area contributed by atoms with Crippen LogP contribution in [-0.2, 0) is 14.4 Å². The van der Waals surface area contributed by atoms with Crippen LogP contribution in [0.5, 0.6) is 0 Å². The Balaban J connectivity index is 1.45. The van der Waals surface area contributed by atoms with Crippen molar-refractivity contribution >= 4 is 23.5 Å². The first-order valence-electron chi connectivity index (χ1n) is 8.46. The largest absolute Gasteiger partial charge is 0.339 e. The van der Waals surface area contributed by atoms with Gasteiger partial charge < -0.3 is 15.1 Å². The molecule has 0 aromatic carbocycles. The van der Waals surface area contributed by atoms with Crippen molar-refractivity contribution in [3.8, 4) is 0 Å². The Labute approximate surface area is 140 Å². The topological polar surface area (TPSA) is 82.6 Å². The predicted octanol–water partition coefficient (Wildman–Crippen LogP) is 0.588. The van der Waals surface area contributed by atoms with E-state index in [9.17, 15) is 14.4 Å². The summed E-state index contributed by atoms with van der Waals surface area (Å²) in [5.41, 5.74) is 0.776. The van der Waals surface area contributed by atoms with Crippen molar-refractivity contribution in [1.29, 1.82) is 0 Å². The average molecular weight is 328 g/mol. The minimum Gasteiger partial charge on any atom is -0.339 e. The molecule has 24 heavy (non-hydrogen) atoms. The van der Waals surface area contributed by atoms with Crippen LogP contribution in [0.1, 0.15) is 30.7 Å². The van der Waals surface area contributed by atoms with Crippen LogP contribution >= 0.6 is 0 Å². The molecule has 7 heteroatoms. The molecule has 1 N–H and O–H groups in total. The molecule has 126 valence electrons. The molecular formula is C17H20N4O3. The summed E-state index contributed by atoms with van der Waals surface area (Å²) < 4.78 is 0. The van der Waals surface area contributed by atoms with Gasteiger partial charge in [-0.15, -0.1) is 0 Å². The van der Waals surface area contributed by atoms with Crippen molar-refractivity contribution in [2.24, 2.45) is 5.92 Å². The second-order valence-corrected chi connectivity index (χ2v) is 6.67. The third-order valence-electron chi connectivity index (χ3n) is 4.99. The fraction of sp³-hybridized carbons (Fsp3) is 0.529. The number of carbonyl (C=O) groups excluding carboxylic acids is 3. The molecule has 1 aromatic heterocycles. The van der Waals surface area contributed by atoms with Gasteiger partial charge in [0.05, 0.1) is 5.92 Å². The number of fused-ring (bicyclic) bond motifs is 1. The van der Waals surface area contributed by atoms with E-state index in [0.29, 0.717) is 32.0 Å². The molecule has 3 aliphatic rings. The van der Waals surface area contributed by atoms with Gasteiger partial charge in [-0.1, -0.05) is 6.07 Å². The Hall–Kier alpha value is -2.44. The zero-order chi connectivity index (χ0) is 16.7. The molecule has 1 aromatic rings. The quantitative estimate of drug-likeness (QED) is 0.861. The van der Waals surface area contributed by atoms with Crippen LogP contribution in [0.4, 0.5) is 5.82 Å². The van der Waals surface area contributed by atoms with E-state index in [-0.39, 0.29) is 30.1 Å². The molecule has 0 radical (unpaired) electrons. The Morgan fingerprint density at radius 1 is 1.08 bits per heavy atom. The lowest BCUT2D eigenvalue weighted by Crippen LogP contribution is -2.52. The Bertz CT molecular complexity index is 693. The van der Waals surface area contributed by atoms with Gasteiger partial charge >= 0.3 is 0 Å². The van der Waals surface area contributed by atoms with Crippen LogP contribution in [0, 0.1) is 5.92 Å². The van der Waals surface area contributed by atoms with Crippen molar-refractivity contribution < 1.29 is 14.4 Å². The number of hydrogen-bond donors (Lipinski definition) is 1. The maximum Gasteiger partial charge on any atom is 0.230 e. The lowest BCUT2D eigenvalue weighted by atomic mass is 9.91. The van der Waals surface area contributed by atoms with Crippen LogP contribution in [0.2, 0.25) is 0 Å². The van der Waals surface area contributed by atoms with Crippen molar-refractivity contribution in [2.45, 2.75) is 25.2 Å². The number of nitrogens with one attached hydrogen (secondary N) is 1. The number of rotatable bonds is 2. The normalized spacial score (nSPS) is 23.5. The van der Waals surface area contributed by atoms with E-state index in [2.05, 4.69) is 10.3 Å². The van der Waals surface area contributed by atoms with Crippen LogP contribution in [-0.4, -0.2) is 58.7 Å². The first kappa shape index (κ1) is 15.1.